The van der Waals surface area contributed by atoms with E-state index in [9.17, 15) is 6.63 Å². The van der Waals surface area contributed by atoms with Crippen molar-refractivity contribution in [1.29, 1.82) is 0 Å². The first-order valence-electron chi connectivity index (χ1n) is 1.46. The van der Waals surface area contributed by atoms with Crippen molar-refractivity contribution in [3.8, 4) is 0 Å². The van der Waals surface area contributed by atoms with Crippen molar-refractivity contribution in [3.05, 3.63) is 0 Å². The van der Waals surface area contributed by atoms with Gasteiger partial charge in [0.25, 0.3) is 5.97 Å². The largest absolute Gasteiger partial charge is 0 e. The molecule has 0 heterocycles. The first-order valence-corrected chi connectivity index (χ1v) is 3.71. The molecular formula is C2H4F2O2Zn2. The summed E-state index contributed by atoms with van der Waals surface area (Å²) in [4.78, 5) is 9.00. The van der Waals surface area contributed by atoms with E-state index in [-0.39, 0.29) is 19.5 Å². The van der Waals surface area contributed by atoms with Crippen molar-refractivity contribution in [2.24, 2.45) is 0 Å². The van der Waals surface area contributed by atoms with Gasteiger partial charge in [0.05, 0.1) is 0 Å². The van der Waals surface area contributed by atoms with E-state index < -0.39 is 24.1 Å². The van der Waals surface area contributed by atoms with Crippen molar-refractivity contribution >= 4 is 5.97 Å². The van der Waals surface area contributed by atoms with Crippen LogP contribution >= 0.6 is 0 Å². The summed E-state index contributed by atoms with van der Waals surface area (Å²) in [6.45, 7) is 1.08. The standard InChI is InChI=1S/C2H4O2.2FH.2Zn/c1-2(3)4;;;;/h1H3,(H,3,4);2*1H;;/q;;;;+2/p-2. The molecule has 0 aliphatic rings. The Hall–Kier alpha value is 0.577. The van der Waals surface area contributed by atoms with Gasteiger partial charge in [0.1, 0.15) is 0 Å². The van der Waals surface area contributed by atoms with Crippen LogP contribution in [0, 0.1) is 0 Å². The maximum atomic E-state index is 9.81. The molecular weight excluding hydrogens is 225 g/mol. The van der Waals surface area contributed by atoms with Crippen molar-refractivity contribution in [2.75, 3.05) is 0 Å². The second-order valence-corrected chi connectivity index (χ2v) is 1.04. The molecule has 0 aromatic heterocycles. The number of halogens is 2. The molecule has 6 heteroatoms. The van der Waals surface area contributed by atoms with Crippen molar-refractivity contribution < 1.29 is 54.1 Å². The van der Waals surface area contributed by atoms with Gasteiger partial charge in [-0.25, -0.2) is 0 Å². The van der Waals surface area contributed by atoms with Crippen LogP contribution < -0.4 is 0 Å². The molecule has 0 saturated carbocycles. The molecule has 0 aromatic carbocycles. The van der Waals surface area contributed by atoms with Gasteiger partial charge in [-0.2, -0.15) is 0 Å². The summed E-state index contributed by atoms with van der Waals surface area (Å²) >= 11 is -2.88. The molecule has 0 spiro atoms. The smallest absolute Gasteiger partial charge is 0 e. The van der Waals surface area contributed by atoms with Crippen LogP contribution in [0.4, 0.5) is 6.63 Å². The van der Waals surface area contributed by atoms with E-state index in [1.807, 2.05) is 0 Å². The Labute approximate surface area is 67.2 Å². The predicted octanol–water partition coefficient (Wildman–Crippen LogP) is 0.926. The average molecular weight is 229 g/mol. The minimum absolute atomic E-state index is 0. The second kappa shape index (κ2) is 15.6. The van der Waals surface area contributed by atoms with E-state index in [1.54, 1.807) is 0 Å². The Morgan fingerprint density at radius 3 is 1.62 bits per heavy atom. The Morgan fingerprint density at radius 2 is 1.62 bits per heavy atom. The molecule has 0 bridgehead atoms. The number of aliphatic carboxylic acids is 1. The van der Waals surface area contributed by atoms with Gasteiger partial charge in [-0.3, -0.25) is 4.79 Å². The fourth-order valence-electron chi connectivity index (χ4n) is 0. The zero-order valence-corrected chi connectivity index (χ0v) is 10.5. The first-order chi connectivity index (χ1) is 3.15. The van der Waals surface area contributed by atoms with E-state index in [2.05, 4.69) is 0 Å². The fourth-order valence-corrected chi connectivity index (χ4v) is 0. The van der Waals surface area contributed by atoms with Gasteiger partial charge in [0.15, 0.2) is 0 Å². The molecule has 0 unspecified atom stereocenters. The van der Waals surface area contributed by atoms with Crippen LogP contribution in [0.1, 0.15) is 6.92 Å². The van der Waals surface area contributed by atoms with E-state index in [0.29, 0.717) is 0 Å². The van der Waals surface area contributed by atoms with Crippen LogP contribution in [0.2, 0.25) is 0 Å². The Kier molecular flexibility index (Phi) is 31.0. The van der Waals surface area contributed by atoms with Crippen LogP contribution in [0.3, 0.4) is 0 Å². The van der Waals surface area contributed by atoms with Crippen molar-refractivity contribution in [1.82, 2.24) is 0 Å². The number of carboxylic acid groups (broad SMARTS) is 1. The van der Waals surface area contributed by atoms with Gasteiger partial charge >= 0.3 is 24.8 Å². The summed E-state index contributed by atoms with van der Waals surface area (Å²) in [6.07, 6.45) is 0. The number of carbonyl (C=O) groups is 1. The Morgan fingerprint density at radius 1 is 1.62 bits per heavy atom. The minimum Gasteiger partial charge on any atom is 0 e. The molecule has 1 N–H and O–H groups in total. The normalized spacial score (nSPS) is 4.38. The number of carboxylic acids is 1. The topological polar surface area (TPSA) is 37.3 Å². The van der Waals surface area contributed by atoms with E-state index in [1.165, 1.54) is 0 Å². The monoisotopic (exact) mass is 226 g/mol. The number of hydrogen-bond acceptors (Lipinski definition) is 1. The third kappa shape index (κ3) is 615. The van der Waals surface area contributed by atoms with Gasteiger partial charge in [-0.15, -0.1) is 0 Å². The van der Waals surface area contributed by atoms with Crippen LogP contribution in [-0.4, -0.2) is 11.1 Å². The summed E-state index contributed by atoms with van der Waals surface area (Å²) < 4.78 is 19.6. The third-order valence-corrected chi connectivity index (χ3v) is 0. The first kappa shape index (κ1) is 15.8. The van der Waals surface area contributed by atoms with Gasteiger partial charge < -0.3 is 5.11 Å². The van der Waals surface area contributed by atoms with Crippen LogP contribution in [0.5, 0.6) is 0 Å². The predicted molar refractivity (Wildman–Crippen MR) is 15.5 cm³/mol. The molecule has 0 radical (unpaired) electrons. The summed E-state index contributed by atoms with van der Waals surface area (Å²) in [6, 6.07) is 0. The summed E-state index contributed by atoms with van der Waals surface area (Å²) in [5.74, 6) is -0.833. The van der Waals surface area contributed by atoms with Gasteiger partial charge in [-0.1, -0.05) is 0 Å². The summed E-state index contributed by atoms with van der Waals surface area (Å²) in [5, 5.41) is 7.42. The minimum atomic E-state index is -2.88. The molecule has 0 amide bonds. The molecule has 42 valence electrons. The maximum absolute atomic E-state index is 9.81. The maximum Gasteiger partial charge on any atom is 0 e. The molecule has 0 rings (SSSR count). The quantitative estimate of drug-likeness (QED) is 0.627. The second-order valence-electron chi connectivity index (χ2n) is 0.620. The van der Waals surface area contributed by atoms with E-state index >= 15 is 0 Å². The van der Waals surface area contributed by atoms with E-state index in [4.69, 9.17) is 9.90 Å². The van der Waals surface area contributed by atoms with Gasteiger partial charge in [0, 0.05) is 26.4 Å². The zero-order chi connectivity index (χ0) is 6.28. The zero-order valence-electron chi connectivity index (χ0n) is 4.53. The number of hydrogen-bond donors (Lipinski definition) is 1. The number of rotatable bonds is 0. The molecule has 2 nitrogen and oxygen atoms in total. The Balaban J connectivity index is -0.0000000575. The van der Waals surface area contributed by atoms with E-state index in [0.717, 1.165) is 6.92 Å². The summed E-state index contributed by atoms with van der Waals surface area (Å²) in [5.41, 5.74) is 0. The van der Waals surface area contributed by atoms with Crippen molar-refractivity contribution in [2.45, 2.75) is 6.92 Å². The molecule has 0 aliphatic heterocycles. The SMILES string of the molecule is CC(=O)O.[F][Zn][F].[Zn]. The van der Waals surface area contributed by atoms with Crippen LogP contribution in [0.15, 0.2) is 0 Å². The molecule has 0 fully saturated rings. The van der Waals surface area contributed by atoms with Gasteiger partial charge in [0.2, 0.25) is 0 Å². The molecule has 8 heavy (non-hydrogen) atoms. The Bertz CT molecular complexity index is 47.3. The molecule has 0 aliphatic carbocycles. The van der Waals surface area contributed by atoms with Crippen molar-refractivity contribution in [3.63, 3.8) is 0 Å². The fraction of sp³-hybridized carbons (Fsp3) is 0.500. The van der Waals surface area contributed by atoms with Gasteiger partial charge in [-0.05, 0) is 0 Å². The summed E-state index contributed by atoms with van der Waals surface area (Å²) in [7, 11) is 0. The molecule has 0 saturated heterocycles. The van der Waals surface area contributed by atoms with Crippen LogP contribution in [0.25, 0.3) is 0 Å². The molecule has 0 atom stereocenters. The third-order valence-electron chi connectivity index (χ3n) is 0. The van der Waals surface area contributed by atoms with Crippen LogP contribution in [-0.2, 0) is 42.4 Å². The average Bonchev–Trinajstić information content (AvgIpc) is 1.33. The molecule has 0 aromatic rings.